The molecule has 5 nitrogen and oxygen atoms in total. The Hall–Kier alpha value is -3.94. The Morgan fingerprint density at radius 2 is 1.71 bits per heavy atom. The molecular weight excluding hydrogens is 405 g/mol. The fourth-order valence-electron chi connectivity index (χ4n) is 3.78. The number of pyridine rings is 2. The van der Waals surface area contributed by atoms with Gasteiger partial charge in [0.05, 0.1) is 34.0 Å². The predicted molar refractivity (Wildman–Crippen MR) is 112 cm³/mol. The number of aromatic nitrogens is 4. The molecule has 0 saturated heterocycles. The molecule has 2 aromatic carbocycles. The second-order valence-electron chi connectivity index (χ2n) is 7.18. The van der Waals surface area contributed by atoms with Crippen LogP contribution in [0, 0.1) is 0 Å². The molecular formula is C23H15F3N4O. The molecule has 3 heterocycles. The minimum atomic E-state index is -4.51. The van der Waals surface area contributed by atoms with Crippen LogP contribution in [0.25, 0.3) is 38.8 Å². The summed E-state index contributed by atoms with van der Waals surface area (Å²) < 4.78 is 42.6. The molecule has 8 heteroatoms. The van der Waals surface area contributed by atoms with Crippen LogP contribution in [0.5, 0.6) is 0 Å². The van der Waals surface area contributed by atoms with E-state index < -0.39 is 17.4 Å². The Bertz CT molecular complexity index is 1500. The lowest BCUT2D eigenvalue weighted by molar-refractivity contribution is -0.137. The lowest BCUT2D eigenvalue weighted by Crippen LogP contribution is -2.21. The molecule has 0 amide bonds. The van der Waals surface area contributed by atoms with Crippen molar-refractivity contribution in [3.8, 4) is 16.8 Å². The number of rotatable bonds is 2. The van der Waals surface area contributed by atoms with Gasteiger partial charge in [-0.15, -0.1) is 0 Å². The zero-order valence-electron chi connectivity index (χ0n) is 16.3. The third kappa shape index (κ3) is 3.07. The average Bonchev–Trinajstić information content (AvgIpc) is 3.04. The molecule has 0 atom stereocenters. The summed E-state index contributed by atoms with van der Waals surface area (Å²) in [6.07, 6.45) is 0.413. The van der Waals surface area contributed by atoms with Crippen LogP contribution in [0.1, 0.15) is 5.56 Å². The molecule has 0 aliphatic carbocycles. The van der Waals surface area contributed by atoms with Crippen molar-refractivity contribution in [3.05, 3.63) is 89.2 Å². The number of alkyl halides is 3. The van der Waals surface area contributed by atoms with Crippen molar-refractivity contribution in [3.63, 3.8) is 0 Å². The Morgan fingerprint density at radius 1 is 0.935 bits per heavy atom. The van der Waals surface area contributed by atoms with E-state index in [1.54, 1.807) is 25.6 Å². The smallest absolute Gasteiger partial charge is 0.293 e. The van der Waals surface area contributed by atoms with Crippen molar-refractivity contribution >= 4 is 21.9 Å². The van der Waals surface area contributed by atoms with Crippen LogP contribution in [-0.2, 0) is 13.2 Å². The first-order chi connectivity index (χ1) is 14.8. The van der Waals surface area contributed by atoms with Gasteiger partial charge in [0.15, 0.2) is 0 Å². The van der Waals surface area contributed by atoms with Crippen LogP contribution in [-0.4, -0.2) is 19.1 Å². The van der Waals surface area contributed by atoms with Gasteiger partial charge in [0.25, 0.3) is 0 Å². The van der Waals surface area contributed by atoms with Crippen LogP contribution in [0.15, 0.2) is 78.0 Å². The van der Waals surface area contributed by atoms with Gasteiger partial charge < -0.3 is 0 Å². The van der Waals surface area contributed by atoms with E-state index in [1.165, 1.54) is 21.3 Å². The fraction of sp³-hybridized carbons (Fsp3) is 0.0870. The highest BCUT2D eigenvalue weighted by Crippen LogP contribution is 2.32. The van der Waals surface area contributed by atoms with E-state index in [1.807, 2.05) is 30.3 Å². The first-order valence-corrected chi connectivity index (χ1v) is 9.43. The van der Waals surface area contributed by atoms with E-state index in [9.17, 15) is 18.0 Å². The highest BCUT2D eigenvalue weighted by molar-refractivity contribution is 6.04. The predicted octanol–water partition coefficient (Wildman–Crippen LogP) is 4.96. The van der Waals surface area contributed by atoms with Crippen molar-refractivity contribution in [2.75, 3.05) is 0 Å². The van der Waals surface area contributed by atoms with Gasteiger partial charge in [-0.05, 0) is 53.6 Å². The normalized spacial score (nSPS) is 12.0. The number of fused-ring (bicyclic) bond motifs is 3. The standard InChI is InChI=1S/C23H15F3N4O/c1-29-20-13-28-19-6-5-15(14-7-9-27-10-8-14)11-18(19)21(20)30(22(29)31)17-4-2-3-16(12-17)23(24,25)26/h2-13H,1H3. The number of benzene rings is 2. The number of hydrogen-bond acceptors (Lipinski definition) is 3. The monoisotopic (exact) mass is 420 g/mol. The van der Waals surface area contributed by atoms with Crippen molar-refractivity contribution < 1.29 is 13.2 Å². The summed E-state index contributed by atoms with van der Waals surface area (Å²) in [6.45, 7) is 0. The molecule has 0 unspecified atom stereocenters. The fourth-order valence-corrected chi connectivity index (χ4v) is 3.78. The molecule has 5 aromatic rings. The van der Waals surface area contributed by atoms with Gasteiger partial charge >= 0.3 is 11.9 Å². The number of nitrogens with zero attached hydrogens (tertiary/aromatic N) is 4. The summed E-state index contributed by atoms with van der Waals surface area (Å²) >= 11 is 0. The van der Waals surface area contributed by atoms with Crippen LogP contribution in [0.4, 0.5) is 13.2 Å². The highest BCUT2D eigenvalue weighted by atomic mass is 19.4. The molecule has 154 valence electrons. The molecule has 0 fully saturated rings. The first kappa shape index (κ1) is 19.0. The van der Waals surface area contributed by atoms with E-state index in [-0.39, 0.29) is 5.69 Å². The summed E-state index contributed by atoms with van der Waals surface area (Å²) in [4.78, 5) is 21.5. The molecule has 0 saturated carbocycles. The first-order valence-electron chi connectivity index (χ1n) is 9.43. The Labute approximate surface area is 174 Å². The molecule has 0 bridgehead atoms. The summed E-state index contributed by atoms with van der Waals surface area (Å²) in [5.41, 5.74) is 2.37. The molecule has 3 aromatic heterocycles. The minimum absolute atomic E-state index is 0.146. The summed E-state index contributed by atoms with van der Waals surface area (Å²) in [5, 5.41) is 0.668. The third-order valence-corrected chi connectivity index (χ3v) is 5.33. The summed E-state index contributed by atoms with van der Waals surface area (Å²) in [5.74, 6) is 0. The SMILES string of the molecule is Cn1c(=O)n(-c2cccc(C(F)(F)F)c2)c2c3cc(-c4ccncc4)ccc3ncc21. The molecule has 0 spiro atoms. The van der Waals surface area contributed by atoms with Gasteiger partial charge in [-0.1, -0.05) is 12.1 Å². The van der Waals surface area contributed by atoms with E-state index in [0.717, 1.165) is 23.3 Å². The van der Waals surface area contributed by atoms with Crippen LogP contribution in [0.2, 0.25) is 0 Å². The second-order valence-corrected chi connectivity index (χ2v) is 7.18. The number of halogens is 3. The third-order valence-electron chi connectivity index (χ3n) is 5.33. The molecule has 0 N–H and O–H groups in total. The highest BCUT2D eigenvalue weighted by Gasteiger charge is 2.31. The average molecular weight is 420 g/mol. The summed E-state index contributed by atoms with van der Waals surface area (Å²) in [6, 6.07) is 14.1. The van der Waals surface area contributed by atoms with E-state index in [4.69, 9.17) is 0 Å². The number of aryl methyl sites for hydroxylation is 1. The van der Waals surface area contributed by atoms with Crippen LogP contribution < -0.4 is 5.69 Å². The Morgan fingerprint density at radius 3 is 2.45 bits per heavy atom. The van der Waals surface area contributed by atoms with Crippen LogP contribution in [0.3, 0.4) is 0 Å². The minimum Gasteiger partial charge on any atom is -0.293 e. The van der Waals surface area contributed by atoms with Crippen molar-refractivity contribution in [2.45, 2.75) is 6.18 Å². The lowest BCUT2D eigenvalue weighted by Gasteiger charge is -2.11. The largest absolute Gasteiger partial charge is 0.416 e. The molecule has 0 aliphatic heterocycles. The van der Waals surface area contributed by atoms with Gasteiger partial charge in [-0.3, -0.25) is 19.1 Å². The quantitative estimate of drug-likeness (QED) is 0.406. The van der Waals surface area contributed by atoms with Crippen molar-refractivity contribution in [2.24, 2.45) is 7.05 Å². The zero-order chi connectivity index (χ0) is 21.8. The van der Waals surface area contributed by atoms with Crippen molar-refractivity contribution in [1.82, 2.24) is 19.1 Å². The zero-order valence-corrected chi connectivity index (χ0v) is 16.3. The van der Waals surface area contributed by atoms with Gasteiger partial charge in [0.1, 0.15) is 0 Å². The number of imidazole rings is 1. The van der Waals surface area contributed by atoms with E-state index in [2.05, 4.69) is 9.97 Å². The maximum Gasteiger partial charge on any atom is 0.416 e. The van der Waals surface area contributed by atoms with Crippen molar-refractivity contribution in [1.29, 1.82) is 0 Å². The topological polar surface area (TPSA) is 52.7 Å². The Kier molecular flexibility index (Phi) is 4.18. The van der Waals surface area contributed by atoms with Crippen LogP contribution >= 0.6 is 0 Å². The van der Waals surface area contributed by atoms with E-state index >= 15 is 0 Å². The molecule has 0 aliphatic rings. The summed E-state index contributed by atoms with van der Waals surface area (Å²) in [7, 11) is 1.58. The molecule has 0 radical (unpaired) electrons. The Balaban J connectivity index is 1.86. The number of hydrogen-bond donors (Lipinski definition) is 0. The van der Waals surface area contributed by atoms with Gasteiger partial charge in [0.2, 0.25) is 0 Å². The van der Waals surface area contributed by atoms with Gasteiger partial charge in [-0.2, -0.15) is 13.2 Å². The molecule has 5 rings (SSSR count). The molecule has 31 heavy (non-hydrogen) atoms. The maximum atomic E-state index is 13.3. The van der Waals surface area contributed by atoms with E-state index in [0.29, 0.717) is 21.9 Å². The second kappa shape index (κ2) is 6.80. The lowest BCUT2D eigenvalue weighted by atomic mass is 10.0. The van der Waals surface area contributed by atoms with Gasteiger partial charge in [-0.25, -0.2) is 4.79 Å². The van der Waals surface area contributed by atoms with Gasteiger partial charge in [0, 0.05) is 24.8 Å². The maximum absolute atomic E-state index is 13.3.